The topological polar surface area (TPSA) is 70.5 Å². The van der Waals surface area contributed by atoms with E-state index < -0.39 is 12.0 Å². The van der Waals surface area contributed by atoms with E-state index >= 15 is 0 Å². The van der Waals surface area contributed by atoms with Crippen LogP contribution in [0.5, 0.6) is 0 Å². The van der Waals surface area contributed by atoms with Gasteiger partial charge in [0.2, 0.25) is 0 Å². The average molecular weight is 280 g/mol. The first-order valence-electron chi connectivity index (χ1n) is 6.66. The van der Waals surface area contributed by atoms with Crippen molar-refractivity contribution in [2.75, 3.05) is 6.54 Å². The van der Waals surface area contributed by atoms with E-state index in [4.69, 9.17) is 0 Å². The maximum Gasteiger partial charge on any atom is 0.326 e. The van der Waals surface area contributed by atoms with Crippen LogP contribution in [-0.4, -0.2) is 39.5 Å². The molecule has 1 saturated carbocycles. The van der Waals surface area contributed by atoms with E-state index in [0.29, 0.717) is 24.6 Å². The summed E-state index contributed by atoms with van der Waals surface area (Å²) < 4.78 is 0. The molecule has 5 nitrogen and oxygen atoms in total. The van der Waals surface area contributed by atoms with Crippen molar-refractivity contribution in [3.05, 3.63) is 16.1 Å². The van der Waals surface area contributed by atoms with E-state index in [9.17, 15) is 14.7 Å². The van der Waals surface area contributed by atoms with Crippen LogP contribution in [0.25, 0.3) is 0 Å². The first-order chi connectivity index (χ1) is 9.16. The molecule has 0 bridgehead atoms. The largest absolute Gasteiger partial charge is 0.480 e. The number of carbonyl (C=O) groups is 2. The number of carbonyl (C=O) groups excluding carboxylic acids is 1. The van der Waals surface area contributed by atoms with Gasteiger partial charge in [0.1, 0.15) is 11.7 Å². The van der Waals surface area contributed by atoms with Gasteiger partial charge in [0.15, 0.2) is 0 Å². The van der Waals surface area contributed by atoms with Crippen LogP contribution in [0, 0.1) is 0 Å². The van der Waals surface area contributed by atoms with E-state index in [-0.39, 0.29) is 5.91 Å². The zero-order valence-corrected chi connectivity index (χ0v) is 11.4. The van der Waals surface area contributed by atoms with E-state index in [0.717, 1.165) is 30.7 Å². The molecule has 19 heavy (non-hydrogen) atoms. The molecule has 3 rings (SSSR count). The van der Waals surface area contributed by atoms with E-state index in [1.807, 2.05) is 0 Å². The first kappa shape index (κ1) is 12.6. The predicted octanol–water partition coefficient (Wildman–Crippen LogP) is 2.10. The minimum Gasteiger partial charge on any atom is -0.480 e. The third-order valence-corrected chi connectivity index (χ3v) is 4.72. The summed E-state index contributed by atoms with van der Waals surface area (Å²) in [4.78, 5) is 29.4. The molecule has 0 spiro atoms. The molecule has 1 aliphatic heterocycles. The quantitative estimate of drug-likeness (QED) is 0.920. The summed E-state index contributed by atoms with van der Waals surface area (Å²) in [7, 11) is 0. The van der Waals surface area contributed by atoms with Crippen LogP contribution in [0.2, 0.25) is 0 Å². The number of aromatic nitrogens is 1. The fourth-order valence-corrected chi connectivity index (χ4v) is 3.45. The Hall–Kier alpha value is -1.43. The molecule has 2 aliphatic rings. The molecular formula is C13H16N2O3S. The maximum absolute atomic E-state index is 12.4. The molecule has 1 aliphatic carbocycles. The monoisotopic (exact) mass is 280 g/mol. The Labute approximate surface area is 115 Å². The molecular weight excluding hydrogens is 264 g/mol. The Kier molecular flexibility index (Phi) is 3.26. The summed E-state index contributed by atoms with van der Waals surface area (Å²) in [5, 5.41) is 12.0. The van der Waals surface area contributed by atoms with E-state index in [1.165, 1.54) is 16.2 Å². The fourth-order valence-electron chi connectivity index (χ4n) is 2.48. The zero-order chi connectivity index (χ0) is 13.4. The van der Waals surface area contributed by atoms with Gasteiger partial charge in [0.05, 0.1) is 5.01 Å². The summed E-state index contributed by atoms with van der Waals surface area (Å²) in [6.07, 6.45) is 4.59. The van der Waals surface area contributed by atoms with Crippen LogP contribution in [0.1, 0.15) is 53.5 Å². The van der Waals surface area contributed by atoms with Crippen molar-refractivity contribution in [3.63, 3.8) is 0 Å². The lowest BCUT2D eigenvalue weighted by molar-refractivity contribution is -0.143. The van der Waals surface area contributed by atoms with Crippen molar-refractivity contribution in [3.8, 4) is 0 Å². The Morgan fingerprint density at radius 1 is 1.32 bits per heavy atom. The Balaban J connectivity index is 1.78. The van der Waals surface area contributed by atoms with Crippen LogP contribution in [0.3, 0.4) is 0 Å². The summed E-state index contributed by atoms with van der Waals surface area (Å²) in [6, 6.07) is -0.688. The third kappa shape index (κ3) is 2.49. The van der Waals surface area contributed by atoms with Gasteiger partial charge in [0, 0.05) is 17.8 Å². The normalized spacial score (nSPS) is 23.4. The van der Waals surface area contributed by atoms with Crippen LogP contribution in [0.15, 0.2) is 5.38 Å². The second-order valence-corrected chi connectivity index (χ2v) is 6.08. The number of carboxylic acid groups (broad SMARTS) is 1. The second kappa shape index (κ2) is 4.92. The number of amides is 1. The molecule has 1 atom stereocenters. The van der Waals surface area contributed by atoms with E-state index in [2.05, 4.69) is 4.98 Å². The van der Waals surface area contributed by atoms with Gasteiger partial charge < -0.3 is 10.0 Å². The van der Waals surface area contributed by atoms with Crippen molar-refractivity contribution in [2.45, 2.75) is 44.1 Å². The van der Waals surface area contributed by atoms with Crippen molar-refractivity contribution < 1.29 is 14.7 Å². The molecule has 0 unspecified atom stereocenters. The number of nitrogens with zero attached hydrogens (tertiary/aromatic N) is 2. The van der Waals surface area contributed by atoms with Gasteiger partial charge in [0.25, 0.3) is 5.91 Å². The highest BCUT2D eigenvalue weighted by atomic mass is 32.1. The molecule has 6 heteroatoms. The highest BCUT2D eigenvalue weighted by Crippen LogP contribution is 2.41. The van der Waals surface area contributed by atoms with Crippen molar-refractivity contribution in [1.29, 1.82) is 0 Å². The van der Waals surface area contributed by atoms with Crippen molar-refractivity contribution in [2.24, 2.45) is 0 Å². The van der Waals surface area contributed by atoms with Gasteiger partial charge in [-0.15, -0.1) is 11.3 Å². The van der Waals surface area contributed by atoms with Gasteiger partial charge >= 0.3 is 5.97 Å². The molecule has 1 aromatic rings. The molecule has 1 amide bonds. The number of carboxylic acids is 1. The molecule has 2 fully saturated rings. The van der Waals surface area contributed by atoms with Crippen LogP contribution in [0.4, 0.5) is 0 Å². The number of hydrogen-bond donors (Lipinski definition) is 1. The number of piperidine rings is 1. The van der Waals surface area contributed by atoms with Gasteiger partial charge in [-0.25, -0.2) is 9.78 Å². The highest BCUT2D eigenvalue weighted by Gasteiger charge is 2.34. The zero-order valence-electron chi connectivity index (χ0n) is 10.5. The van der Waals surface area contributed by atoms with Crippen LogP contribution >= 0.6 is 11.3 Å². The third-order valence-electron chi connectivity index (χ3n) is 3.72. The fraction of sp³-hybridized carbons (Fsp3) is 0.615. The van der Waals surface area contributed by atoms with Crippen molar-refractivity contribution >= 4 is 23.2 Å². The smallest absolute Gasteiger partial charge is 0.326 e. The summed E-state index contributed by atoms with van der Waals surface area (Å²) in [5.74, 6) is -0.607. The lowest BCUT2D eigenvalue weighted by Gasteiger charge is -2.32. The summed E-state index contributed by atoms with van der Waals surface area (Å²) in [6.45, 7) is 0.520. The number of aliphatic carboxylic acids is 1. The molecule has 0 radical (unpaired) electrons. The van der Waals surface area contributed by atoms with Crippen molar-refractivity contribution in [1.82, 2.24) is 9.88 Å². The average Bonchev–Trinajstić information content (AvgIpc) is 3.16. The minimum absolute atomic E-state index is 0.227. The first-order valence-corrected chi connectivity index (χ1v) is 7.54. The summed E-state index contributed by atoms with van der Waals surface area (Å²) in [5.41, 5.74) is 0.417. The second-order valence-electron chi connectivity index (χ2n) is 5.19. The molecule has 102 valence electrons. The van der Waals surface area contributed by atoms with Gasteiger partial charge in [-0.05, 0) is 32.1 Å². The Morgan fingerprint density at radius 3 is 2.79 bits per heavy atom. The number of thiazole rings is 1. The Bertz CT molecular complexity index is 510. The molecule has 0 aromatic carbocycles. The minimum atomic E-state index is -0.911. The number of rotatable bonds is 3. The molecule has 1 N–H and O–H groups in total. The lowest BCUT2D eigenvalue weighted by Crippen LogP contribution is -2.48. The van der Waals surface area contributed by atoms with Crippen LogP contribution < -0.4 is 0 Å². The van der Waals surface area contributed by atoms with Gasteiger partial charge in [-0.2, -0.15) is 0 Å². The molecule has 1 aromatic heterocycles. The number of likely N-dealkylation sites (tertiary alicyclic amines) is 1. The molecule has 2 heterocycles. The van der Waals surface area contributed by atoms with E-state index in [1.54, 1.807) is 5.38 Å². The lowest BCUT2D eigenvalue weighted by atomic mass is 10.0. The highest BCUT2D eigenvalue weighted by molar-refractivity contribution is 7.10. The van der Waals surface area contributed by atoms with Gasteiger partial charge in [-0.1, -0.05) is 0 Å². The Morgan fingerprint density at radius 2 is 2.11 bits per heavy atom. The standard InChI is InChI=1S/C13H16N2O3S/c16-12(9-7-19-11(14-9)8-4-5-8)15-6-2-1-3-10(15)13(17)18/h7-8,10H,1-6H2,(H,17,18)/t10-/m0/s1. The van der Waals surface area contributed by atoms with Gasteiger partial charge in [-0.3, -0.25) is 4.79 Å². The van der Waals surface area contributed by atoms with Crippen LogP contribution in [-0.2, 0) is 4.79 Å². The predicted molar refractivity (Wildman–Crippen MR) is 70.4 cm³/mol. The summed E-state index contributed by atoms with van der Waals surface area (Å²) >= 11 is 1.52. The molecule has 1 saturated heterocycles. The number of hydrogen-bond acceptors (Lipinski definition) is 4. The SMILES string of the molecule is O=C(O)[C@@H]1CCCCN1C(=O)c1csc(C2CC2)n1. The maximum atomic E-state index is 12.4.